The fraction of sp³-hybridized carbons (Fsp3) is 0.188. The maximum atomic E-state index is 12.0. The highest BCUT2D eigenvalue weighted by Gasteiger charge is 2.10. The molecular formula is C16H16N4O4S. The Kier molecular flexibility index (Phi) is 6.85. The fourth-order valence-corrected chi connectivity index (χ4v) is 1.98. The minimum absolute atomic E-state index is 0.0111. The Morgan fingerprint density at radius 2 is 1.96 bits per heavy atom. The molecule has 0 atom stereocenters. The number of aliphatic imine (C=N–C) groups is 1. The third-order valence-electron chi connectivity index (χ3n) is 3.01. The molecule has 0 radical (unpaired) electrons. The second-order valence-electron chi connectivity index (χ2n) is 4.49. The number of nitrogens with zero attached hydrogens (tertiary/aromatic N) is 2. The molecule has 8 nitrogen and oxygen atoms in total. The van der Waals surface area contributed by atoms with Crippen LogP contribution in [0.1, 0.15) is 10.5 Å². The first kappa shape index (κ1) is 18.3. The van der Waals surface area contributed by atoms with Gasteiger partial charge >= 0.3 is 0 Å². The van der Waals surface area contributed by atoms with Gasteiger partial charge in [0.2, 0.25) is 5.88 Å². The Hall–Kier alpha value is -3.00. The van der Waals surface area contributed by atoms with Gasteiger partial charge in [-0.15, -0.1) is 0 Å². The molecule has 9 heteroatoms. The largest absolute Gasteiger partial charge is 0.494 e. The first-order chi connectivity index (χ1) is 12.2. The molecule has 1 aromatic carbocycles. The molecule has 1 amide bonds. The van der Waals surface area contributed by atoms with E-state index in [1.807, 2.05) is 0 Å². The van der Waals surface area contributed by atoms with Gasteiger partial charge in [0.1, 0.15) is 11.4 Å². The van der Waals surface area contributed by atoms with Crippen molar-refractivity contribution < 1.29 is 19.0 Å². The molecule has 0 saturated heterocycles. The standard InChI is InChI=1S/C16H16N4O4S/c1-22-12-6-4-7-13(15(12)17-10-25)24-9-18-20-16(21)11-5-3-8-14(19-11)23-2/h3-8,18H,9H2,1-2H3,(H,20,21). The lowest BCUT2D eigenvalue weighted by atomic mass is 10.2. The number of pyridine rings is 1. The summed E-state index contributed by atoms with van der Waals surface area (Å²) in [6, 6.07) is 10.0. The topological polar surface area (TPSA) is 94.1 Å². The smallest absolute Gasteiger partial charge is 0.284 e. The van der Waals surface area contributed by atoms with Gasteiger partial charge in [0, 0.05) is 6.07 Å². The van der Waals surface area contributed by atoms with Crippen molar-refractivity contribution in [3.05, 3.63) is 42.1 Å². The van der Waals surface area contributed by atoms with Crippen LogP contribution in [0, 0.1) is 0 Å². The van der Waals surface area contributed by atoms with Gasteiger partial charge in [0.25, 0.3) is 5.91 Å². The Balaban J connectivity index is 1.93. The summed E-state index contributed by atoms with van der Waals surface area (Å²) in [4.78, 5) is 19.9. The summed E-state index contributed by atoms with van der Waals surface area (Å²) >= 11 is 4.63. The molecule has 25 heavy (non-hydrogen) atoms. The van der Waals surface area contributed by atoms with Gasteiger partial charge in [0.15, 0.2) is 18.2 Å². The lowest BCUT2D eigenvalue weighted by Gasteiger charge is -2.12. The van der Waals surface area contributed by atoms with Crippen molar-refractivity contribution in [3.63, 3.8) is 0 Å². The number of carbonyl (C=O) groups is 1. The van der Waals surface area contributed by atoms with Gasteiger partial charge < -0.3 is 14.2 Å². The molecule has 0 aliphatic rings. The summed E-state index contributed by atoms with van der Waals surface area (Å²) in [6.07, 6.45) is 0. The molecule has 0 spiro atoms. The third-order valence-corrected chi connectivity index (χ3v) is 3.10. The first-order valence-electron chi connectivity index (χ1n) is 7.11. The van der Waals surface area contributed by atoms with E-state index >= 15 is 0 Å². The molecular weight excluding hydrogens is 344 g/mol. The van der Waals surface area contributed by atoms with Crippen molar-refractivity contribution in [2.75, 3.05) is 21.0 Å². The van der Waals surface area contributed by atoms with Crippen molar-refractivity contribution in [2.45, 2.75) is 0 Å². The summed E-state index contributed by atoms with van der Waals surface area (Å²) in [5.41, 5.74) is 5.74. The van der Waals surface area contributed by atoms with E-state index < -0.39 is 5.91 Å². The average molecular weight is 360 g/mol. The van der Waals surface area contributed by atoms with E-state index in [9.17, 15) is 4.79 Å². The predicted octanol–water partition coefficient (Wildman–Crippen LogP) is 2.10. The van der Waals surface area contributed by atoms with E-state index in [1.165, 1.54) is 14.2 Å². The third kappa shape index (κ3) is 4.98. The van der Waals surface area contributed by atoms with E-state index in [4.69, 9.17) is 14.2 Å². The van der Waals surface area contributed by atoms with E-state index in [0.717, 1.165) is 0 Å². The number of ether oxygens (including phenoxy) is 3. The number of hydrogen-bond acceptors (Lipinski definition) is 8. The highest BCUT2D eigenvalue weighted by molar-refractivity contribution is 7.78. The lowest BCUT2D eigenvalue weighted by molar-refractivity contribution is 0.0908. The quantitative estimate of drug-likeness (QED) is 0.245. The van der Waals surface area contributed by atoms with Crippen LogP contribution in [0.15, 0.2) is 41.4 Å². The van der Waals surface area contributed by atoms with Crippen LogP contribution in [-0.2, 0) is 0 Å². The first-order valence-corrected chi connectivity index (χ1v) is 7.52. The van der Waals surface area contributed by atoms with Gasteiger partial charge in [-0.05, 0) is 30.4 Å². The highest BCUT2D eigenvalue weighted by Crippen LogP contribution is 2.36. The number of carbonyl (C=O) groups excluding carboxylic acids is 1. The summed E-state index contributed by atoms with van der Waals surface area (Å²) in [7, 11) is 2.99. The van der Waals surface area contributed by atoms with Crippen LogP contribution >= 0.6 is 12.2 Å². The van der Waals surface area contributed by atoms with Crippen LogP contribution in [0.3, 0.4) is 0 Å². The van der Waals surface area contributed by atoms with Gasteiger partial charge in [-0.3, -0.25) is 10.2 Å². The SMILES string of the molecule is COc1cccc(C(=O)NNCOc2cccc(OC)c2N=C=S)n1. The molecule has 2 rings (SSSR count). The Morgan fingerprint density at radius 1 is 1.20 bits per heavy atom. The maximum Gasteiger partial charge on any atom is 0.284 e. The molecule has 130 valence electrons. The molecule has 0 unspecified atom stereocenters. The van der Waals surface area contributed by atoms with Gasteiger partial charge in [-0.25, -0.2) is 4.98 Å². The van der Waals surface area contributed by atoms with Crippen LogP contribution < -0.4 is 25.1 Å². The average Bonchev–Trinajstić information content (AvgIpc) is 2.66. The number of aromatic nitrogens is 1. The molecule has 2 N–H and O–H groups in total. The fourth-order valence-electron chi connectivity index (χ4n) is 1.89. The number of rotatable bonds is 8. The summed E-state index contributed by atoms with van der Waals surface area (Å²) < 4.78 is 15.7. The van der Waals surface area contributed by atoms with E-state index in [2.05, 4.69) is 38.2 Å². The number of methoxy groups -OCH3 is 2. The van der Waals surface area contributed by atoms with Crippen LogP contribution in [-0.4, -0.2) is 37.0 Å². The number of thiocarbonyl (C=S) groups is 1. The van der Waals surface area contributed by atoms with Crippen molar-refractivity contribution in [3.8, 4) is 17.4 Å². The summed E-state index contributed by atoms with van der Waals surface area (Å²) in [5, 5.41) is 2.28. The van der Waals surface area contributed by atoms with Crippen LogP contribution in [0.2, 0.25) is 0 Å². The number of para-hydroxylation sites is 1. The van der Waals surface area contributed by atoms with Crippen molar-refractivity contribution in [1.82, 2.24) is 15.8 Å². The van der Waals surface area contributed by atoms with Crippen molar-refractivity contribution in [2.24, 2.45) is 4.99 Å². The van der Waals surface area contributed by atoms with Gasteiger partial charge in [-0.2, -0.15) is 10.4 Å². The minimum atomic E-state index is -0.426. The second-order valence-corrected chi connectivity index (χ2v) is 4.68. The molecule has 0 aliphatic heterocycles. The summed E-state index contributed by atoms with van der Waals surface area (Å²) in [5.74, 6) is 0.852. The minimum Gasteiger partial charge on any atom is -0.494 e. The number of hydrazine groups is 1. The van der Waals surface area contributed by atoms with E-state index in [0.29, 0.717) is 23.1 Å². The number of nitrogens with one attached hydrogen (secondary N) is 2. The molecule has 0 bridgehead atoms. The van der Waals surface area contributed by atoms with Gasteiger partial charge in [-0.1, -0.05) is 12.1 Å². The lowest BCUT2D eigenvalue weighted by Crippen LogP contribution is -2.40. The van der Waals surface area contributed by atoms with Gasteiger partial charge in [0.05, 0.1) is 19.4 Å². The molecule has 1 aromatic heterocycles. The number of hydrogen-bond donors (Lipinski definition) is 2. The Labute approximate surface area is 149 Å². The normalized spacial score (nSPS) is 9.68. The van der Waals surface area contributed by atoms with Crippen molar-refractivity contribution >= 4 is 29.0 Å². The van der Waals surface area contributed by atoms with Crippen molar-refractivity contribution in [1.29, 1.82) is 0 Å². The predicted molar refractivity (Wildman–Crippen MR) is 94.6 cm³/mol. The Bertz CT molecular complexity index is 793. The molecule has 0 saturated carbocycles. The van der Waals surface area contributed by atoms with Crippen LogP contribution in [0.5, 0.6) is 17.4 Å². The number of amides is 1. The van der Waals surface area contributed by atoms with E-state index in [-0.39, 0.29) is 12.4 Å². The van der Waals surface area contributed by atoms with E-state index in [1.54, 1.807) is 36.4 Å². The van der Waals surface area contributed by atoms with Crippen LogP contribution in [0.4, 0.5) is 5.69 Å². The number of benzene rings is 1. The molecule has 0 fully saturated rings. The maximum absolute atomic E-state index is 12.0. The summed E-state index contributed by atoms with van der Waals surface area (Å²) in [6.45, 7) is -0.0111. The highest BCUT2D eigenvalue weighted by atomic mass is 32.1. The van der Waals surface area contributed by atoms with Crippen LogP contribution in [0.25, 0.3) is 0 Å². The molecule has 2 aromatic rings. The molecule has 0 aliphatic carbocycles. The second kappa shape index (κ2) is 9.33. The monoisotopic (exact) mass is 360 g/mol. The zero-order valence-electron chi connectivity index (χ0n) is 13.6. The number of isothiocyanates is 1. The zero-order chi connectivity index (χ0) is 18.1. The Morgan fingerprint density at radius 3 is 2.68 bits per heavy atom. The molecule has 1 heterocycles. The zero-order valence-corrected chi connectivity index (χ0v) is 14.4.